The number of halogens is 3. The lowest BCUT2D eigenvalue weighted by Gasteiger charge is -2.16. The molecule has 2 aromatic carbocycles. The average molecular weight is 443 g/mol. The number of alkyl halides is 3. The van der Waals surface area contributed by atoms with E-state index in [1.807, 2.05) is 11.0 Å². The highest BCUT2D eigenvalue weighted by atomic mass is 19.4. The molecule has 0 unspecified atom stereocenters. The summed E-state index contributed by atoms with van der Waals surface area (Å²) in [5, 5.41) is 6.92. The number of fused-ring (bicyclic) bond motifs is 1. The van der Waals surface area contributed by atoms with Crippen LogP contribution in [0.2, 0.25) is 0 Å². The van der Waals surface area contributed by atoms with E-state index in [1.54, 1.807) is 18.3 Å². The monoisotopic (exact) mass is 443 g/mol. The van der Waals surface area contributed by atoms with E-state index in [1.165, 1.54) is 12.1 Å². The molecule has 0 spiro atoms. The molecule has 0 aliphatic carbocycles. The summed E-state index contributed by atoms with van der Waals surface area (Å²) in [7, 11) is 0. The lowest BCUT2D eigenvalue weighted by atomic mass is 10.1. The molecule has 1 amide bonds. The van der Waals surface area contributed by atoms with Crippen LogP contribution < -0.4 is 4.74 Å². The van der Waals surface area contributed by atoms with Crippen LogP contribution in [-0.2, 0) is 19.3 Å². The summed E-state index contributed by atoms with van der Waals surface area (Å²) < 4.78 is 44.3. The van der Waals surface area contributed by atoms with Gasteiger partial charge in [-0.1, -0.05) is 26.0 Å². The summed E-state index contributed by atoms with van der Waals surface area (Å²) in [6.45, 7) is 5.76. The minimum absolute atomic E-state index is 0.0478. The van der Waals surface area contributed by atoms with Gasteiger partial charge in [-0.25, -0.2) is 0 Å². The number of nitrogens with zero attached hydrogens (tertiary/aromatic N) is 2. The van der Waals surface area contributed by atoms with E-state index in [9.17, 15) is 18.0 Å². The first-order valence-electron chi connectivity index (χ1n) is 10.5. The van der Waals surface area contributed by atoms with Gasteiger partial charge in [0.2, 0.25) is 0 Å². The molecule has 3 aromatic rings. The fraction of sp³-hybridized carbons (Fsp3) is 0.333. The highest BCUT2D eigenvalue weighted by molar-refractivity contribution is 5.98. The standard InChI is InChI=1S/C24H24F3N3O2/c1-15(2)9-10-30-13-17-11-20(7-8-21(17)23(30)31)32-14-18-12-28-29-22(18)16-3-5-19(6-4-16)24(25,26)27/h3-8,11-12,15H,9-10,13-14H2,1-2H3,(H,28,29). The second kappa shape index (κ2) is 8.68. The summed E-state index contributed by atoms with van der Waals surface area (Å²) in [5.74, 6) is 1.20. The summed E-state index contributed by atoms with van der Waals surface area (Å²) in [5.41, 5.74) is 2.76. The maximum absolute atomic E-state index is 12.8. The molecule has 0 atom stereocenters. The van der Waals surface area contributed by atoms with Crippen molar-refractivity contribution in [1.29, 1.82) is 0 Å². The van der Waals surface area contributed by atoms with Gasteiger partial charge >= 0.3 is 6.18 Å². The number of amides is 1. The number of hydrogen-bond donors (Lipinski definition) is 1. The SMILES string of the molecule is CC(C)CCN1Cc2cc(OCc3c[nH]nc3-c3ccc(C(F)(F)F)cc3)ccc2C1=O. The summed E-state index contributed by atoms with van der Waals surface area (Å²) in [6.07, 6.45) is -1.76. The molecule has 0 saturated heterocycles. The molecular formula is C24H24F3N3O2. The van der Waals surface area contributed by atoms with Crippen molar-refractivity contribution in [3.05, 3.63) is 70.9 Å². The molecule has 1 aromatic heterocycles. The van der Waals surface area contributed by atoms with Crippen molar-refractivity contribution in [2.75, 3.05) is 6.54 Å². The number of aromatic amines is 1. The molecule has 0 saturated carbocycles. The highest BCUT2D eigenvalue weighted by Gasteiger charge is 2.30. The summed E-state index contributed by atoms with van der Waals surface area (Å²) in [6, 6.07) is 10.3. The molecule has 168 valence electrons. The smallest absolute Gasteiger partial charge is 0.416 e. The Kier molecular flexibility index (Phi) is 5.95. The fourth-order valence-corrected chi connectivity index (χ4v) is 3.69. The zero-order valence-electron chi connectivity index (χ0n) is 17.9. The fourth-order valence-electron chi connectivity index (χ4n) is 3.69. The summed E-state index contributed by atoms with van der Waals surface area (Å²) in [4.78, 5) is 14.4. The number of carbonyl (C=O) groups excluding carboxylic acids is 1. The minimum Gasteiger partial charge on any atom is -0.489 e. The van der Waals surface area contributed by atoms with E-state index >= 15 is 0 Å². The van der Waals surface area contributed by atoms with Gasteiger partial charge in [0.05, 0.1) is 11.3 Å². The average Bonchev–Trinajstić information content (AvgIpc) is 3.34. The molecule has 0 fully saturated rings. The lowest BCUT2D eigenvalue weighted by Crippen LogP contribution is -2.25. The Bertz CT molecular complexity index is 1100. The van der Waals surface area contributed by atoms with Crippen molar-refractivity contribution in [2.24, 2.45) is 5.92 Å². The zero-order valence-corrected chi connectivity index (χ0v) is 17.9. The van der Waals surface area contributed by atoms with Gasteiger partial charge < -0.3 is 9.64 Å². The van der Waals surface area contributed by atoms with Crippen molar-refractivity contribution < 1.29 is 22.7 Å². The second-order valence-electron chi connectivity index (χ2n) is 8.35. The van der Waals surface area contributed by atoms with Gasteiger partial charge in [0.25, 0.3) is 5.91 Å². The zero-order chi connectivity index (χ0) is 22.9. The first kappa shape index (κ1) is 21.9. The minimum atomic E-state index is -4.38. The van der Waals surface area contributed by atoms with Crippen molar-refractivity contribution in [1.82, 2.24) is 15.1 Å². The molecule has 1 aliphatic heterocycles. The third-order valence-corrected chi connectivity index (χ3v) is 5.53. The predicted octanol–water partition coefficient (Wildman–Crippen LogP) is 5.68. The van der Waals surface area contributed by atoms with E-state index in [2.05, 4.69) is 24.0 Å². The largest absolute Gasteiger partial charge is 0.489 e. The van der Waals surface area contributed by atoms with E-state index in [0.717, 1.165) is 36.2 Å². The molecule has 1 N–H and O–H groups in total. The van der Waals surface area contributed by atoms with Crippen molar-refractivity contribution in [3.8, 4) is 17.0 Å². The molecule has 8 heteroatoms. The van der Waals surface area contributed by atoms with Crippen molar-refractivity contribution >= 4 is 5.91 Å². The first-order valence-corrected chi connectivity index (χ1v) is 10.5. The van der Waals surface area contributed by atoms with Crippen LogP contribution in [0.3, 0.4) is 0 Å². The Hall–Kier alpha value is -3.29. The normalized spacial score (nSPS) is 13.7. The van der Waals surface area contributed by atoms with Crippen LogP contribution in [0.1, 0.15) is 47.3 Å². The van der Waals surface area contributed by atoms with Crippen LogP contribution in [0.15, 0.2) is 48.7 Å². The van der Waals surface area contributed by atoms with Gasteiger partial charge in [0.1, 0.15) is 12.4 Å². The quantitative estimate of drug-likeness (QED) is 0.511. The molecule has 0 bridgehead atoms. The Morgan fingerprint density at radius 3 is 2.59 bits per heavy atom. The van der Waals surface area contributed by atoms with Crippen LogP contribution >= 0.6 is 0 Å². The van der Waals surface area contributed by atoms with Gasteiger partial charge in [-0.3, -0.25) is 9.89 Å². The van der Waals surface area contributed by atoms with Crippen LogP contribution in [-0.4, -0.2) is 27.5 Å². The van der Waals surface area contributed by atoms with E-state index in [-0.39, 0.29) is 12.5 Å². The number of nitrogens with one attached hydrogen (secondary N) is 1. The molecule has 32 heavy (non-hydrogen) atoms. The lowest BCUT2D eigenvalue weighted by molar-refractivity contribution is -0.137. The second-order valence-corrected chi connectivity index (χ2v) is 8.35. The summed E-state index contributed by atoms with van der Waals surface area (Å²) >= 11 is 0. The number of aromatic nitrogens is 2. The Morgan fingerprint density at radius 1 is 1.16 bits per heavy atom. The van der Waals surface area contributed by atoms with Crippen molar-refractivity contribution in [2.45, 2.75) is 39.6 Å². The molecule has 4 rings (SSSR count). The third-order valence-electron chi connectivity index (χ3n) is 5.53. The van der Waals surface area contributed by atoms with Crippen LogP contribution in [0, 0.1) is 5.92 Å². The molecule has 2 heterocycles. The van der Waals surface area contributed by atoms with Gasteiger partial charge in [-0.2, -0.15) is 18.3 Å². The number of benzene rings is 2. The first-order chi connectivity index (χ1) is 15.2. The number of ether oxygens (including phenoxy) is 1. The van der Waals surface area contributed by atoms with Gasteiger partial charge in [0.15, 0.2) is 0 Å². The van der Waals surface area contributed by atoms with E-state index in [0.29, 0.717) is 35.0 Å². The Labute approximate surface area is 184 Å². The van der Waals surface area contributed by atoms with Crippen molar-refractivity contribution in [3.63, 3.8) is 0 Å². The molecule has 1 aliphatic rings. The number of hydrogen-bond acceptors (Lipinski definition) is 3. The van der Waals surface area contributed by atoms with Gasteiger partial charge in [0, 0.05) is 36.0 Å². The molecule has 5 nitrogen and oxygen atoms in total. The number of rotatable bonds is 7. The third kappa shape index (κ3) is 4.64. The van der Waals surface area contributed by atoms with Crippen LogP contribution in [0.5, 0.6) is 5.75 Å². The maximum atomic E-state index is 12.8. The number of carbonyl (C=O) groups is 1. The predicted molar refractivity (Wildman–Crippen MR) is 114 cm³/mol. The highest BCUT2D eigenvalue weighted by Crippen LogP contribution is 2.32. The molecular weight excluding hydrogens is 419 g/mol. The van der Waals surface area contributed by atoms with E-state index < -0.39 is 11.7 Å². The topological polar surface area (TPSA) is 58.2 Å². The maximum Gasteiger partial charge on any atom is 0.416 e. The van der Waals surface area contributed by atoms with E-state index in [4.69, 9.17) is 4.74 Å². The Balaban J connectivity index is 1.44. The number of H-pyrrole nitrogens is 1. The van der Waals surface area contributed by atoms with Crippen LogP contribution in [0.4, 0.5) is 13.2 Å². The van der Waals surface area contributed by atoms with Gasteiger partial charge in [-0.15, -0.1) is 0 Å². The van der Waals surface area contributed by atoms with Gasteiger partial charge in [-0.05, 0) is 48.2 Å². The molecule has 0 radical (unpaired) electrons. The Morgan fingerprint density at radius 2 is 1.91 bits per heavy atom. The van der Waals surface area contributed by atoms with Crippen LogP contribution in [0.25, 0.3) is 11.3 Å².